The third kappa shape index (κ3) is 3.45. The van der Waals surface area contributed by atoms with Gasteiger partial charge in [-0.1, -0.05) is 0 Å². The molecule has 0 radical (unpaired) electrons. The molecule has 7 heteroatoms. The zero-order valence-electron chi connectivity index (χ0n) is 9.46. The number of sulfonamides is 1. The summed E-state index contributed by atoms with van der Waals surface area (Å²) in [5, 5.41) is 10.4. The van der Waals surface area contributed by atoms with Crippen LogP contribution in [0.4, 0.5) is 0 Å². The van der Waals surface area contributed by atoms with E-state index in [0.717, 1.165) is 13.1 Å². The second kappa shape index (κ2) is 5.52. The van der Waals surface area contributed by atoms with Crippen LogP contribution >= 0.6 is 0 Å². The largest absolute Gasteiger partial charge is 0.317 e. The van der Waals surface area contributed by atoms with Gasteiger partial charge in [0.05, 0.1) is 17.5 Å². The molecule has 1 aliphatic heterocycles. The van der Waals surface area contributed by atoms with E-state index >= 15 is 0 Å². The molecule has 0 atom stereocenters. The van der Waals surface area contributed by atoms with E-state index in [1.165, 1.54) is 0 Å². The summed E-state index contributed by atoms with van der Waals surface area (Å²) in [6, 6.07) is 3.49. The molecule has 0 saturated carbocycles. The predicted molar refractivity (Wildman–Crippen MR) is 63.7 cm³/mol. The van der Waals surface area contributed by atoms with E-state index in [1.807, 2.05) is 0 Å². The van der Waals surface area contributed by atoms with Gasteiger partial charge in [0.2, 0.25) is 10.0 Å². The summed E-state index contributed by atoms with van der Waals surface area (Å²) in [4.78, 5) is 0. The van der Waals surface area contributed by atoms with Crippen molar-refractivity contribution in [3.63, 3.8) is 0 Å². The molecule has 0 aliphatic carbocycles. The van der Waals surface area contributed by atoms with Crippen LogP contribution in [-0.4, -0.2) is 37.0 Å². The van der Waals surface area contributed by atoms with E-state index < -0.39 is 10.0 Å². The van der Waals surface area contributed by atoms with Crippen molar-refractivity contribution in [2.45, 2.75) is 24.6 Å². The van der Waals surface area contributed by atoms with Crippen LogP contribution in [0, 0.1) is 0 Å². The van der Waals surface area contributed by atoms with Gasteiger partial charge in [-0.3, -0.25) is 0 Å². The van der Waals surface area contributed by atoms with Crippen LogP contribution in [0.2, 0.25) is 0 Å². The Labute approximate surface area is 101 Å². The Morgan fingerprint density at radius 2 is 2.18 bits per heavy atom. The monoisotopic (exact) mass is 256 g/mol. The van der Waals surface area contributed by atoms with Gasteiger partial charge in [-0.2, -0.15) is 10.2 Å². The molecule has 0 unspecified atom stereocenters. The van der Waals surface area contributed by atoms with E-state index in [4.69, 9.17) is 0 Å². The fourth-order valence-corrected chi connectivity index (χ4v) is 3.27. The Kier molecular flexibility index (Phi) is 4.03. The van der Waals surface area contributed by atoms with Gasteiger partial charge in [-0.15, -0.1) is 0 Å². The molecular weight excluding hydrogens is 240 g/mol. The van der Waals surface area contributed by atoms with Crippen LogP contribution in [0.3, 0.4) is 0 Å². The Bertz CT molecular complexity index is 443. The zero-order chi connectivity index (χ0) is 12.1. The average molecular weight is 256 g/mol. The standard InChI is InChI=1S/C10H16N4O2S/c15-17(16,10-3-6-11-7-4-10)13-8-9-2-1-5-12-14-9/h1-2,5,10-11,13H,3-4,6-8H2. The van der Waals surface area contributed by atoms with Gasteiger partial charge in [0.1, 0.15) is 0 Å². The average Bonchev–Trinajstić information content (AvgIpc) is 2.39. The van der Waals surface area contributed by atoms with Gasteiger partial charge in [0, 0.05) is 6.20 Å². The summed E-state index contributed by atoms with van der Waals surface area (Å²) in [5.74, 6) is 0. The van der Waals surface area contributed by atoms with Crippen LogP contribution in [0.15, 0.2) is 18.3 Å². The Hall–Kier alpha value is -1.05. The minimum absolute atomic E-state index is 0.208. The van der Waals surface area contributed by atoms with Gasteiger partial charge in [-0.05, 0) is 38.1 Å². The zero-order valence-corrected chi connectivity index (χ0v) is 10.3. The molecular formula is C10H16N4O2S. The molecule has 2 heterocycles. The molecule has 1 aromatic heterocycles. The molecule has 0 aromatic carbocycles. The number of rotatable bonds is 4. The number of nitrogens with one attached hydrogen (secondary N) is 2. The van der Waals surface area contributed by atoms with Crippen molar-refractivity contribution in [1.82, 2.24) is 20.2 Å². The first-order valence-electron chi connectivity index (χ1n) is 5.64. The van der Waals surface area contributed by atoms with E-state index in [2.05, 4.69) is 20.2 Å². The van der Waals surface area contributed by atoms with Crippen molar-refractivity contribution in [2.24, 2.45) is 0 Å². The van der Waals surface area contributed by atoms with E-state index in [9.17, 15) is 8.42 Å². The van der Waals surface area contributed by atoms with Gasteiger partial charge < -0.3 is 5.32 Å². The number of piperidine rings is 1. The maximum Gasteiger partial charge on any atom is 0.214 e. The van der Waals surface area contributed by atoms with Gasteiger partial charge in [0.15, 0.2) is 0 Å². The van der Waals surface area contributed by atoms with Crippen LogP contribution < -0.4 is 10.0 Å². The van der Waals surface area contributed by atoms with E-state index in [0.29, 0.717) is 18.5 Å². The second-order valence-corrected chi connectivity index (χ2v) is 6.08. The summed E-state index contributed by atoms with van der Waals surface area (Å²) >= 11 is 0. The van der Waals surface area contributed by atoms with Crippen molar-refractivity contribution in [3.05, 3.63) is 24.0 Å². The Morgan fingerprint density at radius 3 is 2.82 bits per heavy atom. The number of nitrogens with zero attached hydrogens (tertiary/aromatic N) is 2. The summed E-state index contributed by atoms with van der Waals surface area (Å²) < 4.78 is 26.5. The Balaban J connectivity index is 1.93. The smallest absolute Gasteiger partial charge is 0.214 e. The topological polar surface area (TPSA) is 84.0 Å². The number of hydrogen-bond acceptors (Lipinski definition) is 5. The highest BCUT2D eigenvalue weighted by molar-refractivity contribution is 7.90. The van der Waals surface area contributed by atoms with Crippen LogP contribution in [0.25, 0.3) is 0 Å². The molecule has 1 fully saturated rings. The SMILES string of the molecule is O=S(=O)(NCc1cccnn1)C1CCNCC1. The molecule has 1 aromatic rings. The highest BCUT2D eigenvalue weighted by Gasteiger charge is 2.26. The summed E-state index contributed by atoms with van der Waals surface area (Å²) in [6.45, 7) is 1.73. The quantitative estimate of drug-likeness (QED) is 0.769. The molecule has 1 aliphatic rings. The van der Waals surface area contributed by atoms with Crippen molar-refractivity contribution < 1.29 is 8.42 Å². The van der Waals surface area contributed by atoms with E-state index in [1.54, 1.807) is 18.3 Å². The molecule has 2 rings (SSSR count). The van der Waals surface area contributed by atoms with Gasteiger partial charge >= 0.3 is 0 Å². The van der Waals surface area contributed by atoms with Crippen LogP contribution in [-0.2, 0) is 16.6 Å². The summed E-state index contributed by atoms with van der Waals surface area (Å²) in [7, 11) is -3.24. The van der Waals surface area contributed by atoms with Crippen molar-refractivity contribution >= 4 is 10.0 Å². The minimum Gasteiger partial charge on any atom is -0.317 e. The third-order valence-electron chi connectivity index (χ3n) is 2.81. The maximum atomic E-state index is 12.0. The van der Waals surface area contributed by atoms with Crippen molar-refractivity contribution in [3.8, 4) is 0 Å². The molecule has 17 heavy (non-hydrogen) atoms. The molecule has 0 bridgehead atoms. The van der Waals surface area contributed by atoms with E-state index in [-0.39, 0.29) is 11.8 Å². The first-order chi connectivity index (χ1) is 8.18. The number of aromatic nitrogens is 2. The lowest BCUT2D eigenvalue weighted by molar-refractivity contribution is 0.489. The highest BCUT2D eigenvalue weighted by atomic mass is 32.2. The van der Waals surface area contributed by atoms with Crippen molar-refractivity contribution in [2.75, 3.05) is 13.1 Å². The molecule has 94 valence electrons. The van der Waals surface area contributed by atoms with Gasteiger partial charge in [0.25, 0.3) is 0 Å². The molecule has 0 amide bonds. The van der Waals surface area contributed by atoms with Crippen molar-refractivity contribution in [1.29, 1.82) is 0 Å². The summed E-state index contributed by atoms with van der Waals surface area (Å²) in [5.41, 5.74) is 0.630. The minimum atomic E-state index is -3.24. The normalized spacial score (nSPS) is 18.1. The summed E-state index contributed by atoms with van der Waals surface area (Å²) in [6.07, 6.45) is 2.89. The second-order valence-electron chi connectivity index (χ2n) is 4.03. The first kappa shape index (κ1) is 12.4. The Morgan fingerprint density at radius 1 is 1.41 bits per heavy atom. The number of hydrogen-bond donors (Lipinski definition) is 2. The fraction of sp³-hybridized carbons (Fsp3) is 0.600. The molecule has 0 spiro atoms. The predicted octanol–water partition coefficient (Wildman–Crippen LogP) is -0.352. The maximum absolute atomic E-state index is 12.0. The molecule has 1 saturated heterocycles. The van der Waals surface area contributed by atoms with Crippen LogP contribution in [0.1, 0.15) is 18.5 Å². The third-order valence-corrected chi connectivity index (χ3v) is 4.70. The lowest BCUT2D eigenvalue weighted by Crippen LogP contribution is -2.41. The lowest BCUT2D eigenvalue weighted by Gasteiger charge is -2.22. The van der Waals surface area contributed by atoms with Gasteiger partial charge in [-0.25, -0.2) is 13.1 Å². The van der Waals surface area contributed by atoms with Crippen LogP contribution in [0.5, 0.6) is 0 Å². The first-order valence-corrected chi connectivity index (χ1v) is 7.19. The fourth-order valence-electron chi connectivity index (χ4n) is 1.83. The molecule has 2 N–H and O–H groups in total. The highest BCUT2D eigenvalue weighted by Crippen LogP contribution is 2.12. The lowest BCUT2D eigenvalue weighted by atomic mass is 10.2. The molecule has 6 nitrogen and oxygen atoms in total.